The quantitative estimate of drug-likeness (QED) is 0.582. The fraction of sp³-hybridized carbons (Fsp3) is 0.364. The van der Waals surface area contributed by atoms with Crippen LogP contribution in [0.25, 0.3) is 5.57 Å². The standard InChI is InChI=1S/C22H27N3OS/c1-14(2)25-19-10-15(3)17(11-18(19)16(4)12-22(25,5)6)13-23-24-21(26)20-8-7-9-27-20/h7-14H,1-6H3,(H,24,26)/b23-13-. The number of thiophene rings is 1. The van der Waals surface area contributed by atoms with Gasteiger partial charge in [0.2, 0.25) is 0 Å². The van der Waals surface area contributed by atoms with Crippen molar-refractivity contribution in [3.8, 4) is 0 Å². The van der Waals surface area contributed by atoms with Crippen LogP contribution in [0.1, 0.15) is 61.0 Å². The lowest BCUT2D eigenvalue weighted by Gasteiger charge is -2.46. The van der Waals surface area contributed by atoms with E-state index in [0.29, 0.717) is 10.9 Å². The summed E-state index contributed by atoms with van der Waals surface area (Å²) in [5.74, 6) is -0.180. The van der Waals surface area contributed by atoms with E-state index in [1.165, 1.54) is 28.2 Å². The first-order valence-corrected chi connectivity index (χ1v) is 10.1. The third-order valence-electron chi connectivity index (χ3n) is 4.89. The van der Waals surface area contributed by atoms with Crippen molar-refractivity contribution >= 4 is 34.7 Å². The number of carbonyl (C=O) groups excluding carboxylic acids is 1. The summed E-state index contributed by atoms with van der Waals surface area (Å²) in [4.78, 5) is 15.1. The number of hydrazone groups is 1. The maximum Gasteiger partial charge on any atom is 0.281 e. The average Bonchev–Trinajstić information content (AvgIpc) is 3.09. The minimum Gasteiger partial charge on any atom is -0.360 e. The van der Waals surface area contributed by atoms with Gasteiger partial charge in [0.25, 0.3) is 5.91 Å². The Labute approximate surface area is 165 Å². The molecule has 1 N–H and O–H groups in total. The number of anilines is 1. The molecule has 0 unspecified atom stereocenters. The number of benzene rings is 1. The van der Waals surface area contributed by atoms with Crippen LogP contribution < -0.4 is 10.3 Å². The van der Waals surface area contributed by atoms with Gasteiger partial charge in [-0.15, -0.1) is 11.3 Å². The molecule has 1 aliphatic heterocycles. The summed E-state index contributed by atoms with van der Waals surface area (Å²) >= 11 is 1.40. The highest BCUT2D eigenvalue weighted by Gasteiger charge is 2.33. The lowest BCUT2D eigenvalue weighted by atomic mass is 9.86. The van der Waals surface area contributed by atoms with Crippen molar-refractivity contribution in [3.63, 3.8) is 0 Å². The summed E-state index contributed by atoms with van der Waals surface area (Å²) < 4.78 is 0. The predicted octanol–water partition coefficient (Wildman–Crippen LogP) is 5.23. The van der Waals surface area contributed by atoms with Gasteiger partial charge in [-0.3, -0.25) is 4.79 Å². The Morgan fingerprint density at radius 3 is 2.67 bits per heavy atom. The second-order valence-corrected chi connectivity index (χ2v) is 8.79. The highest BCUT2D eigenvalue weighted by molar-refractivity contribution is 7.12. The van der Waals surface area contributed by atoms with Gasteiger partial charge in [-0.25, -0.2) is 5.43 Å². The topological polar surface area (TPSA) is 44.7 Å². The predicted molar refractivity (Wildman–Crippen MR) is 116 cm³/mol. The van der Waals surface area contributed by atoms with Crippen LogP contribution in [0.4, 0.5) is 5.69 Å². The Morgan fingerprint density at radius 2 is 2.04 bits per heavy atom. The van der Waals surface area contributed by atoms with Crippen LogP contribution in [0.5, 0.6) is 0 Å². The fourth-order valence-corrected chi connectivity index (χ4v) is 4.53. The summed E-state index contributed by atoms with van der Waals surface area (Å²) in [5, 5.41) is 6.04. The van der Waals surface area contributed by atoms with Crippen molar-refractivity contribution in [2.45, 2.75) is 53.1 Å². The number of aryl methyl sites for hydroxylation is 1. The van der Waals surface area contributed by atoms with Gasteiger partial charge in [0.1, 0.15) is 0 Å². The van der Waals surface area contributed by atoms with E-state index >= 15 is 0 Å². The van der Waals surface area contributed by atoms with Crippen LogP contribution in [0.2, 0.25) is 0 Å². The number of fused-ring (bicyclic) bond motifs is 1. The van der Waals surface area contributed by atoms with Crippen molar-refractivity contribution in [1.82, 2.24) is 5.43 Å². The lowest BCUT2D eigenvalue weighted by molar-refractivity contribution is 0.0959. The zero-order chi connectivity index (χ0) is 19.8. The molecule has 0 saturated carbocycles. The van der Waals surface area contributed by atoms with E-state index in [2.05, 4.69) is 75.2 Å². The molecule has 1 aromatic heterocycles. The second kappa shape index (κ2) is 7.31. The van der Waals surface area contributed by atoms with E-state index in [9.17, 15) is 4.79 Å². The highest BCUT2D eigenvalue weighted by atomic mass is 32.1. The van der Waals surface area contributed by atoms with Gasteiger partial charge >= 0.3 is 0 Å². The number of nitrogens with zero attached hydrogens (tertiary/aromatic N) is 2. The van der Waals surface area contributed by atoms with Gasteiger partial charge in [-0.05, 0) is 81.8 Å². The Morgan fingerprint density at radius 1 is 1.30 bits per heavy atom. The molecule has 0 radical (unpaired) electrons. The van der Waals surface area contributed by atoms with Crippen LogP contribution in [0, 0.1) is 6.92 Å². The van der Waals surface area contributed by atoms with Crippen molar-refractivity contribution in [2.24, 2.45) is 5.10 Å². The van der Waals surface area contributed by atoms with Crippen LogP contribution >= 0.6 is 11.3 Å². The second-order valence-electron chi connectivity index (χ2n) is 7.85. The molecular weight excluding hydrogens is 354 g/mol. The molecule has 0 spiro atoms. The molecule has 5 heteroatoms. The van der Waals surface area contributed by atoms with E-state index < -0.39 is 0 Å². The highest BCUT2D eigenvalue weighted by Crippen LogP contribution is 2.41. The molecule has 2 aromatic rings. The number of rotatable bonds is 4. The van der Waals surface area contributed by atoms with E-state index in [0.717, 1.165) is 11.1 Å². The van der Waals surface area contributed by atoms with Gasteiger partial charge < -0.3 is 4.90 Å². The van der Waals surface area contributed by atoms with Gasteiger partial charge in [0, 0.05) is 17.3 Å². The Kier molecular flexibility index (Phi) is 5.24. The molecule has 27 heavy (non-hydrogen) atoms. The van der Waals surface area contributed by atoms with Gasteiger partial charge in [0.05, 0.1) is 16.6 Å². The molecule has 0 fully saturated rings. The van der Waals surface area contributed by atoms with Crippen LogP contribution in [0.3, 0.4) is 0 Å². The molecule has 4 nitrogen and oxygen atoms in total. The van der Waals surface area contributed by atoms with Crippen molar-refractivity contribution in [2.75, 3.05) is 4.90 Å². The minimum atomic E-state index is -0.180. The normalized spacial score (nSPS) is 15.8. The number of hydrogen-bond donors (Lipinski definition) is 1. The van der Waals surface area contributed by atoms with Crippen molar-refractivity contribution in [3.05, 3.63) is 57.3 Å². The third kappa shape index (κ3) is 3.83. The Bertz CT molecular complexity index is 908. The molecule has 0 bridgehead atoms. The molecule has 3 rings (SSSR count). The first kappa shape index (κ1) is 19.4. The SMILES string of the molecule is CC1=CC(C)(C)N(C(C)C)c2cc(C)c(/C=N\NC(=O)c3cccs3)cc21. The maximum atomic E-state index is 12.0. The third-order valence-corrected chi connectivity index (χ3v) is 5.76. The van der Waals surface area contributed by atoms with E-state index in [4.69, 9.17) is 0 Å². The largest absolute Gasteiger partial charge is 0.360 e. The maximum absolute atomic E-state index is 12.0. The summed E-state index contributed by atoms with van der Waals surface area (Å²) in [7, 11) is 0. The molecule has 1 amide bonds. The molecule has 0 aliphatic carbocycles. The molecule has 2 heterocycles. The number of hydrogen-bond acceptors (Lipinski definition) is 4. The summed E-state index contributed by atoms with van der Waals surface area (Å²) in [5.41, 5.74) is 8.48. The zero-order valence-electron chi connectivity index (χ0n) is 16.8. The molecule has 0 saturated heterocycles. The van der Waals surface area contributed by atoms with E-state index in [1.807, 2.05) is 11.4 Å². The lowest BCUT2D eigenvalue weighted by Crippen LogP contribution is -2.49. The smallest absolute Gasteiger partial charge is 0.281 e. The molecule has 0 atom stereocenters. The summed E-state index contributed by atoms with van der Waals surface area (Å²) in [6.45, 7) is 13.2. The summed E-state index contributed by atoms with van der Waals surface area (Å²) in [6.07, 6.45) is 4.05. The van der Waals surface area contributed by atoms with Gasteiger partial charge in [0.15, 0.2) is 0 Å². The first-order chi connectivity index (χ1) is 12.7. The number of allylic oxidation sites excluding steroid dienone is 1. The van der Waals surface area contributed by atoms with Crippen LogP contribution in [0.15, 0.2) is 40.8 Å². The Balaban J connectivity index is 1.91. The summed E-state index contributed by atoms with van der Waals surface area (Å²) in [6, 6.07) is 8.44. The van der Waals surface area contributed by atoms with E-state index in [-0.39, 0.29) is 11.4 Å². The number of amides is 1. The average molecular weight is 382 g/mol. The molecule has 1 aliphatic rings. The minimum absolute atomic E-state index is 0.0258. The van der Waals surface area contributed by atoms with E-state index in [1.54, 1.807) is 12.3 Å². The van der Waals surface area contributed by atoms with Crippen molar-refractivity contribution < 1.29 is 4.79 Å². The Hall–Kier alpha value is -2.40. The monoisotopic (exact) mass is 381 g/mol. The van der Waals surface area contributed by atoms with Gasteiger partial charge in [-0.2, -0.15) is 5.10 Å². The van der Waals surface area contributed by atoms with Crippen molar-refractivity contribution in [1.29, 1.82) is 0 Å². The van der Waals surface area contributed by atoms with Crippen LogP contribution in [-0.2, 0) is 0 Å². The van der Waals surface area contributed by atoms with Gasteiger partial charge in [-0.1, -0.05) is 12.1 Å². The molecule has 142 valence electrons. The van der Waals surface area contributed by atoms with Crippen LogP contribution in [-0.4, -0.2) is 23.7 Å². The fourth-order valence-electron chi connectivity index (χ4n) is 3.92. The zero-order valence-corrected chi connectivity index (χ0v) is 17.6. The molecular formula is C22H27N3OS. The number of nitrogens with one attached hydrogen (secondary N) is 1. The number of carbonyl (C=O) groups is 1. The molecule has 1 aromatic carbocycles. The first-order valence-electron chi connectivity index (χ1n) is 9.21.